The number of phenols is 1. The van der Waals surface area contributed by atoms with Crippen LogP contribution in [-0.2, 0) is 11.2 Å². The molecule has 0 aromatic heterocycles. The van der Waals surface area contributed by atoms with Gasteiger partial charge in [0.1, 0.15) is 18.1 Å². The summed E-state index contributed by atoms with van der Waals surface area (Å²) in [5, 5.41) is 12.4. The maximum Gasteiger partial charge on any atom is 0.231 e. The predicted octanol–water partition coefficient (Wildman–Crippen LogP) is 2.58. The van der Waals surface area contributed by atoms with Crippen LogP contribution in [0.4, 0.5) is 5.69 Å². The Morgan fingerprint density at radius 3 is 2.75 bits per heavy atom. The van der Waals surface area contributed by atoms with Gasteiger partial charge in [-0.15, -0.1) is 0 Å². The van der Waals surface area contributed by atoms with Crippen LogP contribution in [0.25, 0.3) is 0 Å². The fourth-order valence-corrected chi connectivity index (χ4v) is 2.31. The first-order chi connectivity index (χ1) is 9.74. The minimum Gasteiger partial charge on any atom is -0.506 e. The largest absolute Gasteiger partial charge is 0.506 e. The Balaban J connectivity index is 1.72. The highest BCUT2D eigenvalue weighted by atomic mass is 16.5. The number of anilines is 1. The van der Waals surface area contributed by atoms with Gasteiger partial charge in [-0.25, -0.2) is 0 Å². The van der Waals surface area contributed by atoms with Crippen LogP contribution in [0, 0.1) is 5.92 Å². The van der Waals surface area contributed by atoms with Crippen LogP contribution in [0.5, 0.6) is 11.5 Å². The molecule has 3 rings (SSSR count). The maximum absolute atomic E-state index is 12.2. The molecule has 2 aromatic carbocycles. The lowest BCUT2D eigenvalue weighted by Gasteiger charge is -2.24. The van der Waals surface area contributed by atoms with Gasteiger partial charge in [-0.3, -0.25) is 4.79 Å². The Morgan fingerprint density at radius 1 is 1.15 bits per heavy atom. The van der Waals surface area contributed by atoms with E-state index in [1.54, 1.807) is 24.3 Å². The van der Waals surface area contributed by atoms with Gasteiger partial charge in [0.2, 0.25) is 5.91 Å². The van der Waals surface area contributed by atoms with Crippen molar-refractivity contribution in [3.63, 3.8) is 0 Å². The first kappa shape index (κ1) is 12.5. The quantitative estimate of drug-likeness (QED) is 0.824. The number of para-hydroxylation sites is 3. The number of carbonyl (C=O) groups is 1. The predicted molar refractivity (Wildman–Crippen MR) is 75.9 cm³/mol. The zero-order valence-corrected chi connectivity index (χ0v) is 10.9. The monoisotopic (exact) mass is 269 g/mol. The highest BCUT2D eigenvalue weighted by Crippen LogP contribution is 2.28. The molecule has 20 heavy (non-hydrogen) atoms. The van der Waals surface area contributed by atoms with Crippen LogP contribution in [0.2, 0.25) is 0 Å². The number of nitrogens with one attached hydrogen (secondary N) is 1. The number of benzene rings is 2. The summed E-state index contributed by atoms with van der Waals surface area (Å²) in [7, 11) is 0. The van der Waals surface area contributed by atoms with E-state index >= 15 is 0 Å². The van der Waals surface area contributed by atoms with E-state index in [-0.39, 0.29) is 17.6 Å². The molecule has 0 saturated heterocycles. The third-order valence-corrected chi connectivity index (χ3v) is 3.41. The Bertz CT molecular complexity index is 639. The van der Waals surface area contributed by atoms with Gasteiger partial charge < -0.3 is 15.2 Å². The van der Waals surface area contributed by atoms with Crippen LogP contribution in [-0.4, -0.2) is 17.6 Å². The van der Waals surface area contributed by atoms with Crippen molar-refractivity contribution >= 4 is 11.6 Å². The molecule has 0 bridgehead atoms. The molecule has 1 aliphatic heterocycles. The van der Waals surface area contributed by atoms with Crippen LogP contribution in [0.15, 0.2) is 48.5 Å². The first-order valence-corrected chi connectivity index (χ1v) is 6.53. The first-order valence-electron chi connectivity index (χ1n) is 6.53. The van der Waals surface area contributed by atoms with Crippen LogP contribution in [0.1, 0.15) is 5.56 Å². The number of hydrogen-bond acceptors (Lipinski definition) is 3. The highest BCUT2D eigenvalue weighted by Gasteiger charge is 2.26. The number of rotatable bonds is 2. The van der Waals surface area contributed by atoms with Crippen molar-refractivity contribution in [2.75, 3.05) is 11.9 Å². The molecular weight excluding hydrogens is 254 g/mol. The van der Waals surface area contributed by atoms with E-state index in [0.717, 1.165) is 11.3 Å². The van der Waals surface area contributed by atoms with E-state index in [9.17, 15) is 9.90 Å². The zero-order chi connectivity index (χ0) is 13.9. The third-order valence-electron chi connectivity index (χ3n) is 3.41. The summed E-state index contributed by atoms with van der Waals surface area (Å²) in [6.07, 6.45) is 0.648. The zero-order valence-electron chi connectivity index (χ0n) is 10.9. The lowest BCUT2D eigenvalue weighted by atomic mass is 9.96. The van der Waals surface area contributed by atoms with Crippen molar-refractivity contribution in [3.8, 4) is 11.5 Å². The molecule has 2 N–H and O–H groups in total. The number of aromatic hydroxyl groups is 1. The Labute approximate surface area is 117 Å². The van der Waals surface area contributed by atoms with Crippen LogP contribution >= 0.6 is 0 Å². The van der Waals surface area contributed by atoms with Gasteiger partial charge >= 0.3 is 0 Å². The summed E-state index contributed by atoms with van der Waals surface area (Å²) < 4.78 is 5.60. The summed E-state index contributed by atoms with van der Waals surface area (Å²) >= 11 is 0. The number of carbonyl (C=O) groups excluding carboxylic acids is 1. The van der Waals surface area contributed by atoms with Crippen LogP contribution < -0.4 is 10.1 Å². The summed E-state index contributed by atoms with van der Waals surface area (Å²) in [6.45, 7) is 0.358. The lowest BCUT2D eigenvalue weighted by Crippen LogP contribution is -2.32. The van der Waals surface area contributed by atoms with Crippen molar-refractivity contribution in [2.24, 2.45) is 5.92 Å². The SMILES string of the molecule is O=C(Nc1ccccc1O)C1COc2ccccc2C1. The van der Waals surface area contributed by atoms with E-state index in [1.165, 1.54) is 0 Å². The molecule has 2 aromatic rings. The second-order valence-corrected chi connectivity index (χ2v) is 4.83. The van der Waals surface area contributed by atoms with Crippen molar-refractivity contribution < 1.29 is 14.6 Å². The normalized spacial score (nSPS) is 16.9. The summed E-state index contributed by atoms with van der Waals surface area (Å²) in [4.78, 5) is 12.2. The molecule has 1 unspecified atom stereocenters. The smallest absolute Gasteiger partial charge is 0.231 e. The molecule has 0 spiro atoms. The average Bonchev–Trinajstić information content (AvgIpc) is 2.49. The van der Waals surface area contributed by atoms with Crippen molar-refractivity contribution in [3.05, 3.63) is 54.1 Å². The minimum atomic E-state index is -0.246. The van der Waals surface area contributed by atoms with E-state index in [4.69, 9.17) is 4.74 Å². The van der Waals surface area contributed by atoms with Crippen LogP contribution in [0.3, 0.4) is 0 Å². The standard InChI is InChI=1S/C16H15NO3/c18-14-7-3-2-6-13(14)17-16(19)12-9-11-5-1-4-8-15(11)20-10-12/h1-8,12,18H,9-10H2,(H,17,19). The van der Waals surface area contributed by atoms with E-state index in [0.29, 0.717) is 18.7 Å². The Morgan fingerprint density at radius 2 is 1.90 bits per heavy atom. The number of ether oxygens (including phenoxy) is 1. The third kappa shape index (κ3) is 2.45. The fourth-order valence-electron chi connectivity index (χ4n) is 2.31. The van der Waals surface area contributed by atoms with Crippen molar-refractivity contribution in [1.82, 2.24) is 0 Å². The van der Waals surface area contributed by atoms with Gasteiger partial charge in [-0.1, -0.05) is 30.3 Å². The second kappa shape index (κ2) is 5.25. The van der Waals surface area contributed by atoms with E-state index in [1.807, 2.05) is 24.3 Å². The number of phenolic OH excluding ortho intramolecular Hbond substituents is 1. The Hall–Kier alpha value is -2.49. The summed E-state index contributed by atoms with van der Waals surface area (Å²) in [5.74, 6) is 0.530. The molecule has 0 aliphatic carbocycles. The molecule has 1 heterocycles. The molecule has 102 valence electrons. The molecule has 0 radical (unpaired) electrons. The fraction of sp³-hybridized carbons (Fsp3) is 0.188. The van der Waals surface area contributed by atoms with E-state index in [2.05, 4.69) is 5.32 Å². The number of hydrogen-bond donors (Lipinski definition) is 2. The minimum absolute atomic E-state index is 0.0676. The number of amides is 1. The van der Waals surface area contributed by atoms with Crippen molar-refractivity contribution in [2.45, 2.75) is 6.42 Å². The van der Waals surface area contributed by atoms with E-state index < -0.39 is 0 Å². The molecule has 0 saturated carbocycles. The van der Waals surface area contributed by atoms with Gasteiger partial charge in [0.15, 0.2) is 0 Å². The molecule has 1 amide bonds. The number of fused-ring (bicyclic) bond motifs is 1. The van der Waals surface area contributed by atoms with Gasteiger partial charge in [-0.2, -0.15) is 0 Å². The Kier molecular flexibility index (Phi) is 3.29. The van der Waals surface area contributed by atoms with Gasteiger partial charge in [-0.05, 0) is 30.2 Å². The van der Waals surface area contributed by atoms with Gasteiger partial charge in [0, 0.05) is 0 Å². The molecule has 4 heteroatoms. The molecule has 1 atom stereocenters. The lowest BCUT2D eigenvalue weighted by molar-refractivity contribution is -0.121. The molecule has 4 nitrogen and oxygen atoms in total. The van der Waals surface area contributed by atoms with Gasteiger partial charge in [0.25, 0.3) is 0 Å². The van der Waals surface area contributed by atoms with Crippen molar-refractivity contribution in [1.29, 1.82) is 0 Å². The molecule has 0 fully saturated rings. The maximum atomic E-state index is 12.2. The van der Waals surface area contributed by atoms with Gasteiger partial charge in [0.05, 0.1) is 11.6 Å². The summed E-state index contributed by atoms with van der Waals surface area (Å²) in [5.41, 5.74) is 1.47. The molecular formula is C16H15NO3. The topological polar surface area (TPSA) is 58.6 Å². The molecule has 1 aliphatic rings. The second-order valence-electron chi connectivity index (χ2n) is 4.83. The average molecular weight is 269 g/mol. The highest BCUT2D eigenvalue weighted by molar-refractivity contribution is 5.94. The summed E-state index contributed by atoms with van der Waals surface area (Å²) in [6, 6.07) is 14.4.